The Morgan fingerprint density at radius 2 is 2.23 bits per heavy atom. The van der Waals surface area contributed by atoms with Crippen LogP contribution in [0.25, 0.3) is 0 Å². The average Bonchev–Trinajstić information content (AvgIpc) is 2.96. The summed E-state index contributed by atoms with van der Waals surface area (Å²) in [5, 5.41) is 12.6. The van der Waals surface area contributed by atoms with E-state index in [-0.39, 0.29) is 23.4 Å². The highest BCUT2D eigenvalue weighted by Crippen LogP contribution is 2.47. The largest absolute Gasteiger partial charge is 0.478 e. The van der Waals surface area contributed by atoms with Gasteiger partial charge in [-0.3, -0.25) is 0 Å². The molecule has 0 bridgehead atoms. The molecular formula is C16H16ClNO4. The molecule has 0 amide bonds. The molecule has 0 spiro atoms. The third-order valence-corrected chi connectivity index (χ3v) is 4.51. The van der Waals surface area contributed by atoms with E-state index in [1.807, 2.05) is 12.2 Å². The minimum Gasteiger partial charge on any atom is -0.478 e. The number of nitrogens with one attached hydrogen (secondary N) is 1. The van der Waals surface area contributed by atoms with E-state index in [0.717, 1.165) is 12.0 Å². The average molecular weight is 322 g/mol. The Morgan fingerprint density at radius 3 is 2.91 bits per heavy atom. The molecule has 3 unspecified atom stereocenters. The van der Waals surface area contributed by atoms with E-state index in [1.165, 1.54) is 6.07 Å². The molecule has 3 rings (SSSR count). The van der Waals surface area contributed by atoms with Gasteiger partial charge in [-0.05, 0) is 31.0 Å². The minimum absolute atomic E-state index is 0.0201. The van der Waals surface area contributed by atoms with Crippen LogP contribution in [0.4, 0.5) is 5.69 Å². The second-order valence-electron chi connectivity index (χ2n) is 5.45. The van der Waals surface area contributed by atoms with Crippen molar-refractivity contribution in [1.82, 2.24) is 0 Å². The standard InChI is InChI=1S/C16H16ClNO4/c1-2-22-16(21)14-10-5-3-4-9(10)11-6-8(15(19)20)7-12(17)13(11)18-14/h3-4,6-7,9-10,14,18H,2,5H2,1H3,(H,19,20). The Labute approximate surface area is 132 Å². The molecule has 0 aromatic heterocycles. The number of esters is 1. The minimum atomic E-state index is -1.02. The van der Waals surface area contributed by atoms with Gasteiger partial charge in [-0.1, -0.05) is 23.8 Å². The molecule has 5 nitrogen and oxygen atoms in total. The highest BCUT2D eigenvalue weighted by atomic mass is 35.5. The van der Waals surface area contributed by atoms with Crippen molar-refractivity contribution in [2.45, 2.75) is 25.3 Å². The molecule has 2 aliphatic rings. The number of aromatic carboxylic acids is 1. The van der Waals surface area contributed by atoms with Crippen molar-refractivity contribution in [3.8, 4) is 0 Å². The first-order valence-corrected chi connectivity index (χ1v) is 7.57. The van der Waals surface area contributed by atoms with Crippen LogP contribution in [0, 0.1) is 5.92 Å². The van der Waals surface area contributed by atoms with Gasteiger partial charge in [0.2, 0.25) is 0 Å². The Morgan fingerprint density at radius 1 is 1.45 bits per heavy atom. The topological polar surface area (TPSA) is 75.6 Å². The first-order chi connectivity index (χ1) is 10.5. The van der Waals surface area contributed by atoms with E-state index in [2.05, 4.69) is 5.32 Å². The number of rotatable bonds is 3. The van der Waals surface area contributed by atoms with Crippen molar-refractivity contribution in [2.24, 2.45) is 5.92 Å². The Kier molecular flexibility index (Phi) is 3.83. The summed E-state index contributed by atoms with van der Waals surface area (Å²) in [6.07, 6.45) is 4.77. The van der Waals surface area contributed by atoms with Crippen molar-refractivity contribution in [3.05, 3.63) is 40.4 Å². The van der Waals surface area contributed by atoms with Crippen LogP contribution in [0.1, 0.15) is 35.2 Å². The normalized spacial score (nSPS) is 25.1. The number of hydrogen-bond acceptors (Lipinski definition) is 4. The SMILES string of the molecule is CCOC(=O)C1Nc2c(Cl)cc(C(=O)O)cc2C2C=CCC12. The van der Waals surface area contributed by atoms with Gasteiger partial charge in [-0.15, -0.1) is 0 Å². The predicted octanol–water partition coefficient (Wildman–Crippen LogP) is 3.06. The zero-order valence-electron chi connectivity index (χ0n) is 12.0. The van der Waals surface area contributed by atoms with E-state index >= 15 is 0 Å². The number of hydrogen-bond donors (Lipinski definition) is 2. The molecule has 0 saturated carbocycles. The molecule has 3 atom stereocenters. The number of allylic oxidation sites excluding steroid dienone is 2. The number of ether oxygens (including phenoxy) is 1. The highest BCUT2D eigenvalue weighted by Gasteiger charge is 2.42. The summed E-state index contributed by atoms with van der Waals surface area (Å²) < 4.78 is 5.14. The maximum absolute atomic E-state index is 12.2. The van der Waals surface area contributed by atoms with Crippen LogP contribution in [0.3, 0.4) is 0 Å². The van der Waals surface area contributed by atoms with Crippen LogP contribution in [0.2, 0.25) is 5.02 Å². The predicted molar refractivity (Wildman–Crippen MR) is 82.4 cm³/mol. The lowest BCUT2D eigenvalue weighted by atomic mass is 9.79. The van der Waals surface area contributed by atoms with Crippen LogP contribution in [-0.2, 0) is 9.53 Å². The quantitative estimate of drug-likeness (QED) is 0.661. The summed E-state index contributed by atoms with van der Waals surface area (Å²) in [6, 6.07) is 2.56. The molecule has 0 fully saturated rings. The maximum atomic E-state index is 12.2. The first-order valence-electron chi connectivity index (χ1n) is 7.19. The van der Waals surface area contributed by atoms with Crippen molar-refractivity contribution < 1.29 is 19.4 Å². The summed E-state index contributed by atoms with van der Waals surface area (Å²) in [4.78, 5) is 23.4. The molecule has 1 aromatic rings. The molecule has 6 heteroatoms. The third kappa shape index (κ3) is 2.35. The molecule has 1 heterocycles. The van der Waals surface area contributed by atoms with Crippen LogP contribution in [-0.4, -0.2) is 29.7 Å². The summed E-state index contributed by atoms with van der Waals surface area (Å²) in [5.74, 6) is -1.32. The lowest BCUT2D eigenvalue weighted by Gasteiger charge is -2.36. The van der Waals surface area contributed by atoms with Gasteiger partial charge in [0.05, 0.1) is 22.9 Å². The van der Waals surface area contributed by atoms with Crippen molar-refractivity contribution in [2.75, 3.05) is 11.9 Å². The number of benzene rings is 1. The molecule has 22 heavy (non-hydrogen) atoms. The number of carboxylic acids is 1. The second kappa shape index (κ2) is 5.65. The summed E-state index contributed by atoms with van der Waals surface area (Å²) in [5.41, 5.74) is 1.60. The number of carbonyl (C=O) groups is 2. The van der Waals surface area contributed by atoms with Gasteiger partial charge in [-0.25, -0.2) is 9.59 Å². The molecule has 116 valence electrons. The third-order valence-electron chi connectivity index (χ3n) is 4.21. The van der Waals surface area contributed by atoms with E-state index in [0.29, 0.717) is 17.3 Å². The van der Waals surface area contributed by atoms with Crippen LogP contribution in [0.5, 0.6) is 0 Å². The Balaban J connectivity index is 2.05. The van der Waals surface area contributed by atoms with Crippen LogP contribution < -0.4 is 5.32 Å². The van der Waals surface area contributed by atoms with Crippen molar-refractivity contribution >= 4 is 29.2 Å². The van der Waals surface area contributed by atoms with Crippen LogP contribution >= 0.6 is 11.6 Å². The number of carbonyl (C=O) groups excluding carboxylic acids is 1. The maximum Gasteiger partial charge on any atom is 0.335 e. The number of carboxylic acid groups (broad SMARTS) is 1. The summed E-state index contributed by atoms with van der Waals surface area (Å²) in [6.45, 7) is 2.09. The molecule has 1 aromatic carbocycles. The van der Waals surface area contributed by atoms with E-state index < -0.39 is 12.0 Å². The van der Waals surface area contributed by atoms with Gasteiger partial charge < -0.3 is 15.2 Å². The Bertz CT molecular complexity index is 670. The van der Waals surface area contributed by atoms with E-state index in [4.69, 9.17) is 16.3 Å². The molecule has 1 aliphatic carbocycles. The van der Waals surface area contributed by atoms with E-state index in [9.17, 15) is 14.7 Å². The van der Waals surface area contributed by atoms with E-state index in [1.54, 1.807) is 13.0 Å². The number of anilines is 1. The lowest BCUT2D eigenvalue weighted by molar-refractivity contribution is -0.145. The fourth-order valence-corrected chi connectivity index (χ4v) is 3.53. The molecular weight excluding hydrogens is 306 g/mol. The zero-order chi connectivity index (χ0) is 15.9. The molecule has 2 N–H and O–H groups in total. The van der Waals surface area contributed by atoms with Gasteiger partial charge in [0.15, 0.2) is 0 Å². The van der Waals surface area contributed by atoms with Gasteiger partial charge in [0, 0.05) is 11.8 Å². The first kappa shape index (κ1) is 14.9. The molecule has 1 aliphatic heterocycles. The monoisotopic (exact) mass is 321 g/mol. The smallest absolute Gasteiger partial charge is 0.335 e. The lowest BCUT2D eigenvalue weighted by Crippen LogP contribution is -2.43. The molecule has 0 saturated heterocycles. The number of halogens is 1. The number of fused-ring (bicyclic) bond motifs is 3. The summed E-state index contributed by atoms with van der Waals surface area (Å²) >= 11 is 6.23. The van der Waals surface area contributed by atoms with Gasteiger partial charge in [-0.2, -0.15) is 0 Å². The highest BCUT2D eigenvalue weighted by molar-refractivity contribution is 6.34. The summed E-state index contributed by atoms with van der Waals surface area (Å²) in [7, 11) is 0. The zero-order valence-corrected chi connectivity index (χ0v) is 12.8. The van der Waals surface area contributed by atoms with Gasteiger partial charge >= 0.3 is 11.9 Å². The fraction of sp³-hybridized carbons (Fsp3) is 0.375. The fourth-order valence-electron chi connectivity index (χ4n) is 3.24. The second-order valence-corrected chi connectivity index (χ2v) is 5.86. The molecule has 0 radical (unpaired) electrons. The van der Waals surface area contributed by atoms with Gasteiger partial charge in [0.1, 0.15) is 6.04 Å². The van der Waals surface area contributed by atoms with Crippen molar-refractivity contribution in [3.63, 3.8) is 0 Å². The Hall–Kier alpha value is -2.01. The van der Waals surface area contributed by atoms with Gasteiger partial charge in [0.25, 0.3) is 0 Å². The van der Waals surface area contributed by atoms with Crippen LogP contribution in [0.15, 0.2) is 24.3 Å². The van der Waals surface area contributed by atoms with Crippen molar-refractivity contribution in [1.29, 1.82) is 0 Å².